The molecule has 0 bridgehead atoms. The van der Waals surface area contributed by atoms with Gasteiger partial charge in [-0.1, -0.05) is 54.6 Å². The highest BCUT2D eigenvalue weighted by Crippen LogP contribution is 2.39. The summed E-state index contributed by atoms with van der Waals surface area (Å²) in [7, 11) is 0. The van der Waals surface area contributed by atoms with Gasteiger partial charge in [-0.25, -0.2) is 19.0 Å². The van der Waals surface area contributed by atoms with Gasteiger partial charge in [-0.05, 0) is 77.0 Å². The Morgan fingerprint density at radius 1 is 0.780 bits per heavy atom. The molecule has 0 N–H and O–H groups in total. The fourth-order valence-corrected chi connectivity index (χ4v) is 4.92. The molecule has 0 saturated carbocycles. The van der Waals surface area contributed by atoms with Crippen LogP contribution in [0.2, 0.25) is 0 Å². The molecule has 4 aromatic rings. The minimum atomic E-state index is -0.775. The lowest BCUT2D eigenvalue weighted by atomic mass is 10.0. The zero-order chi connectivity index (χ0) is 28.9. The number of hydrogen-bond donors (Lipinski definition) is 0. The number of carbonyl (C=O) groups is 3. The van der Waals surface area contributed by atoms with Crippen molar-refractivity contribution in [2.24, 2.45) is 0 Å². The number of nitrogens with zero attached hydrogens (tertiary/aromatic N) is 2. The lowest BCUT2D eigenvalue weighted by molar-refractivity contribution is -0.121. The van der Waals surface area contributed by atoms with E-state index in [1.807, 2.05) is 0 Å². The zero-order valence-electron chi connectivity index (χ0n) is 21.9. The first-order valence-electron chi connectivity index (χ1n) is 12.8. The van der Waals surface area contributed by atoms with Gasteiger partial charge < -0.3 is 9.47 Å². The fraction of sp³-hybridized carbons (Fsp3) is 0.0938. The average molecular weight is 615 g/mol. The van der Waals surface area contributed by atoms with Crippen LogP contribution in [-0.2, 0) is 16.2 Å². The van der Waals surface area contributed by atoms with Crippen LogP contribution in [-0.4, -0.2) is 24.5 Å². The van der Waals surface area contributed by atoms with Crippen molar-refractivity contribution in [2.75, 3.05) is 16.4 Å². The predicted octanol–water partition coefficient (Wildman–Crippen LogP) is 7.15. The minimum Gasteiger partial charge on any atom is -0.490 e. The Balaban J connectivity index is 1.56. The first-order chi connectivity index (χ1) is 19.9. The Bertz CT molecular complexity index is 1580. The van der Waals surface area contributed by atoms with Crippen LogP contribution < -0.4 is 19.3 Å². The topological polar surface area (TPSA) is 76.2 Å². The van der Waals surface area contributed by atoms with Crippen LogP contribution in [0.4, 0.5) is 20.6 Å². The zero-order valence-corrected chi connectivity index (χ0v) is 23.5. The fourth-order valence-electron chi connectivity index (χ4n) is 4.35. The van der Waals surface area contributed by atoms with Crippen molar-refractivity contribution in [3.05, 3.63) is 124 Å². The molecule has 4 amide bonds. The van der Waals surface area contributed by atoms with Crippen molar-refractivity contribution in [1.29, 1.82) is 0 Å². The second-order valence-electron chi connectivity index (χ2n) is 8.94. The number of para-hydroxylation sites is 2. The summed E-state index contributed by atoms with van der Waals surface area (Å²) in [5.41, 5.74) is 1.26. The van der Waals surface area contributed by atoms with Crippen molar-refractivity contribution in [3.8, 4) is 11.5 Å². The predicted molar refractivity (Wildman–Crippen MR) is 157 cm³/mol. The Morgan fingerprint density at radius 3 is 1.90 bits per heavy atom. The molecule has 1 saturated heterocycles. The van der Waals surface area contributed by atoms with Crippen LogP contribution in [0.15, 0.2) is 107 Å². The second kappa shape index (κ2) is 12.2. The van der Waals surface area contributed by atoms with E-state index in [9.17, 15) is 18.8 Å². The van der Waals surface area contributed by atoms with E-state index >= 15 is 0 Å². The summed E-state index contributed by atoms with van der Waals surface area (Å²) >= 11 is 3.49. The molecule has 0 radical (unpaired) electrons. The maximum absolute atomic E-state index is 14.1. The quantitative estimate of drug-likeness (QED) is 0.156. The van der Waals surface area contributed by atoms with Gasteiger partial charge in [0.05, 0.1) is 22.5 Å². The molecule has 0 aliphatic carbocycles. The van der Waals surface area contributed by atoms with E-state index in [-0.39, 0.29) is 12.2 Å². The number of halogens is 2. The normalized spacial score (nSPS) is 13.4. The molecule has 0 unspecified atom stereocenters. The van der Waals surface area contributed by atoms with Crippen LogP contribution in [0.3, 0.4) is 0 Å². The SMILES string of the molecule is CCOc1cc(C=C2C(=O)N(c3ccccc3)C(=O)N(c3ccccc3)C2=O)cc(Br)c1OCc1ccccc1F. The van der Waals surface area contributed by atoms with E-state index in [4.69, 9.17) is 9.47 Å². The number of hydrogen-bond acceptors (Lipinski definition) is 5. The number of rotatable bonds is 8. The monoisotopic (exact) mass is 614 g/mol. The maximum Gasteiger partial charge on any atom is 0.343 e. The lowest BCUT2D eigenvalue weighted by Gasteiger charge is -2.34. The van der Waals surface area contributed by atoms with Crippen molar-refractivity contribution >= 4 is 51.2 Å². The molecule has 1 aliphatic heterocycles. The number of benzene rings is 4. The summed E-state index contributed by atoms with van der Waals surface area (Å²) in [5.74, 6) is -1.24. The average Bonchev–Trinajstić information content (AvgIpc) is 2.97. The van der Waals surface area contributed by atoms with Gasteiger partial charge in [-0.15, -0.1) is 0 Å². The van der Waals surface area contributed by atoms with Crippen LogP contribution in [0, 0.1) is 5.82 Å². The summed E-state index contributed by atoms with van der Waals surface area (Å²) in [6.07, 6.45) is 1.41. The molecular weight excluding hydrogens is 591 g/mol. The number of anilines is 2. The minimum absolute atomic E-state index is 0.0388. The molecule has 0 aromatic heterocycles. The van der Waals surface area contributed by atoms with Gasteiger partial charge in [-0.3, -0.25) is 9.59 Å². The largest absolute Gasteiger partial charge is 0.490 e. The number of urea groups is 1. The Morgan fingerprint density at radius 2 is 1.34 bits per heavy atom. The molecule has 0 atom stereocenters. The first kappa shape index (κ1) is 27.8. The third-order valence-electron chi connectivity index (χ3n) is 6.25. The van der Waals surface area contributed by atoms with Crippen LogP contribution in [0.25, 0.3) is 6.08 Å². The van der Waals surface area contributed by atoms with Gasteiger partial charge in [0.25, 0.3) is 11.8 Å². The summed E-state index contributed by atoms with van der Waals surface area (Å²) in [4.78, 5) is 42.8. The molecular formula is C32H24BrFN2O5. The van der Waals surface area contributed by atoms with E-state index in [1.165, 1.54) is 12.1 Å². The van der Waals surface area contributed by atoms with Gasteiger partial charge in [0.2, 0.25) is 0 Å². The molecule has 9 heteroatoms. The molecule has 5 rings (SSSR count). The van der Waals surface area contributed by atoms with Gasteiger partial charge in [0.15, 0.2) is 11.5 Å². The van der Waals surface area contributed by atoms with Crippen molar-refractivity contribution in [2.45, 2.75) is 13.5 Å². The van der Waals surface area contributed by atoms with Crippen LogP contribution >= 0.6 is 15.9 Å². The third-order valence-corrected chi connectivity index (χ3v) is 6.84. The smallest absolute Gasteiger partial charge is 0.343 e. The van der Waals surface area contributed by atoms with E-state index in [1.54, 1.807) is 97.9 Å². The number of barbiturate groups is 1. The molecule has 4 aromatic carbocycles. The molecule has 1 heterocycles. The first-order valence-corrected chi connectivity index (χ1v) is 13.6. The van der Waals surface area contributed by atoms with Gasteiger partial charge in [0, 0.05) is 5.56 Å². The Labute approximate surface area is 244 Å². The molecule has 7 nitrogen and oxygen atoms in total. The number of ether oxygens (including phenoxy) is 2. The van der Waals surface area contributed by atoms with Gasteiger partial charge in [-0.2, -0.15) is 0 Å². The summed E-state index contributed by atoms with van der Waals surface area (Å²) in [6.45, 7) is 2.07. The number of imide groups is 2. The highest BCUT2D eigenvalue weighted by Gasteiger charge is 2.43. The van der Waals surface area contributed by atoms with Crippen molar-refractivity contribution < 1.29 is 28.2 Å². The summed E-state index contributed by atoms with van der Waals surface area (Å²) < 4.78 is 26.3. The Kier molecular flexibility index (Phi) is 8.26. The van der Waals surface area contributed by atoms with Crippen LogP contribution in [0.1, 0.15) is 18.1 Å². The maximum atomic E-state index is 14.1. The van der Waals surface area contributed by atoms with Gasteiger partial charge in [0.1, 0.15) is 18.0 Å². The highest BCUT2D eigenvalue weighted by molar-refractivity contribution is 9.10. The Hall–Kier alpha value is -4.76. The van der Waals surface area contributed by atoms with E-state index in [0.29, 0.717) is 45.1 Å². The van der Waals surface area contributed by atoms with E-state index < -0.39 is 23.7 Å². The summed E-state index contributed by atoms with van der Waals surface area (Å²) in [5, 5.41) is 0. The van der Waals surface area contributed by atoms with Crippen molar-refractivity contribution in [1.82, 2.24) is 0 Å². The van der Waals surface area contributed by atoms with Crippen LogP contribution in [0.5, 0.6) is 11.5 Å². The highest BCUT2D eigenvalue weighted by atomic mass is 79.9. The number of carbonyl (C=O) groups excluding carboxylic acids is 3. The lowest BCUT2D eigenvalue weighted by Crippen LogP contribution is -2.57. The molecule has 0 spiro atoms. The molecule has 41 heavy (non-hydrogen) atoms. The summed E-state index contributed by atoms with van der Waals surface area (Å²) in [6, 6.07) is 25.6. The molecule has 1 aliphatic rings. The third kappa shape index (κ3) is 5.76. The van der Waals surface area contributed by atoms with E-state index in [2.05, 4.69) is 15.9 Å². The standard InChI is InChI=1S/C32H24BrFN2O5/c1-2-40-28-19-21(18-26(33)29(28)41-20-22-11-9-10-16-27(22)34)17-25-30(37)35(23-12-5-3-6-13-23)32(39)36(31(25)38)24-14-7-4-8-15-24/h3-19H,2,20H2,1H3. The molecule has 1 fully saturated rings. The van der Waals surface area contributed by atoms with Crippen molar-refractivity contribution in [3.63, 3.8) is 0 Å². The van der Waals surface area contributed by atoms with E-state index in [0.717, 1.165) is 9.80 Å². The number of amides is 4. The second-order valence-corrected chi connectivity index (χ2v) is 9.79. The molecule has 206 valence electrons. The van der Waals surface area contributed by atoms with Gasteiger partial charge >= 0.3 is 6.03 Å².